The minimum atomic E-state index is -0.438. The van der Waals surface area contributed by atoms with Gasteiger partial charge >= 0.3 is 0 Å². The fraction of sp³-hybridized carbons (Fsp3) is 0.100. The molecule has 0 spiro atoms. The third-order valence-corrected chi connectivity index (χ3v) is 4.33. The van der Waals surface area contributed by atoms with Crippen molar-refractivity contribution in [3.8, 4) is 11.3 Å². The van der Waals surface area contributed by atoms with E-state index < -0.39 is 4.92 Å². The second-order valence-electron chi connectivity index (χ2n) is 6.33. The lowest BCUT2D eigenvalue weighted by Gasteiger charge is -2.07. The molecule has 2 aromatic carbocycles. The summed E-state index contributed by atoms with van der Waals surface area (Å²) in [5.41, 5.74) is 3.47. The van der Waals surface area contributed by atoms with Crippen LogP contribution in [0.15, 0.2) is 67.1 Å². The summed E-state index contributed by atoms with van der Waals surface area (Å²) in [5, 5.41) is 20.6. The fourth-order valence-corrected chi connectivity index (χ4v) is 2.86. The Bertz CT molecular complexity index is 1110. The summed E-state index contributed by atoms with van der Waals surface area (Å²) in [6.45, 7) is 0. The molecule has 0 aliphatic carbocycles. The molecule has 0 amide bonds. The van der Waals surface area contributed by atoms with Gasteiger partial charge in [0.05, 0.1) is 10.6 Å². The molecule has 0 radical (unpaired) electrons. The van der Waals surface area contributed by atoms with E-state index in [2.05, 4.69) is 42.6 Å². The number of aromatic amines is 1. The third-order valence-electron chi connectivity index (χ3n) is 4.33. The van der Waals surface area contributed by atoms with Crippen LogP contribution in [0, 0.1) is 10.1 Å². The number of nitro groups is 1. The predicted octanol–water partition coefficient (Wildman–Crippen LogP) is 3.70. The van der Waals surface area contributed by atoms with Crippen molar-refractivity contribution in [2.24, 2.45) is 0 Å². The summed E-state index contributed by atoms with van der Waals surface area (Å²) in [6, 6.07) is 16.2. The molecule has 4 aromatic rings. The standard InChI is InChI=1S/C20H17N7O2/c28-27(29)17-3-1-2-16(12-17)24-20-21-11-10-18(25-20)15-7-4-14(5-8-15)6-9-19-22-13-23-26-19/h1-5,7-8,10-13H,6,9H2,(H,21,24,25)(H,22,23,26). The molecule has 2 aromatic heterocycles. The van der Waals surface area contributed by atoms with E-state index in [1.54, 1.807) is 18.3 Å². The molecule has 0 saturated heterocycles. The Morgan fingerprint density at radius 1 is 1.03 bits per heavy atom. The molecular weight excluding hydrogens is 370 g/mol. The second kappa shape index (κ2) is 8.26. The first kappa shape index (κ1) is 18.2. The van der Waals surface area contributed by atoms with E-state index >= 15 is 0 Å². The molecule has 0 fully saturated rings. The lowest BCUT2D eigenvalue weighted by molar-refractivity contribution is -0.384. The normalized spacial score (nSPS) is 10.6. The molecule has 144 valence electrons. The Morgan fingerprint density at radius 2 is 1.90 bits per heavy atom. The smallest absolute Gasteiger partial charge is 0.271 e. The van der Waals surface area contributed by atoms with E-state index in [-0.39, 0.29) is 5.69 Å². The molecule has 29 heavy (non-hydrogen) atoms. The Balaban J connectivity index is 1.46. The van der Waals surface area contributed by atoms with Gasteiger partial charge in [-0.3, -0.25) is 15.2 Å². The van der Waals surface area contributed by atoms with Crippen molar-refractivity contribution in [2.45, 2.75) is 12.8 Å². The zero-order valence-electron chi connectivity index (χ0n) is 15.3. The molecule has 9 nitrogen and oxygen atoms in total. The van der Waals surface area contributed by atoms with E-state index in [0.29, 0.717) is 11.6 Å². The van der Waals surface area contributed by atoms with Gasteiger partial charge in [-0.25, -0.2) is 15.0 Å². The minimum absolute atomic E-state index is 0.00655. The van der Waals surface area contributed by atoms with E-state index in [9.17, 15) is 10.1 Å². The van der Waals surface area contributed by atoms with Crippen molar-refractivity contribution in [1.82, 2.24) is 25.1 Å². The average Bonchev–Trinajstić information content (AvgIpc) is 3.27. The van der Waals surface area contributed by atoms with Crippen LogP contribution in [0.25, 0.3) is 11.3 Å². The SMILES string of the molecule is O=[N+]([O-])c1cccc(Nc2nccc(-c3ccc(CCc4ncn[nH]4)cc3)n2)c1. The maximum atomic E-state index is 10.9. The lowest BCUT2D eigenvalue weighted by Crippen LogP contribution is -1.99. The highest BCUT2D eigenvalue weighted by Gasteiger charge is 2.08. The van der Waals surface area contributed by atoms with Crippen molar-refractivity contribution in [3.63, 3.8) is 0 Å². The number of nitro benzene ring substituents is 1. The molecule has 0 aliphatic heterocycles. The zero-order valence-corrected chi connectivity index (χ0v) is 15.3. The number of H-pyrrole nitrogens is 1. The first-order chi connectivity index (χ1) is 14.2. The molecule has 0 aliphatic rings. The van der Waals surface area contributed by atoms with Gasteiger partial charge in [-0.15, -0.1) is 0 Å². The third kappa shape index (κ3) is 4.59. The summed E-state index contributed by atoms with van der Waals surface area (Å²) in [6.07, 6.45) is 4.82. The zero-order chi connectivity index (χ0) is 20.1. The highest BCUT2D eigenvalue weighted by atomic mass is 16.6. The highest BCUT2D eigenvalue weighted by molar-refractivity contribution is 5.63. The van der Waals surface area contributed by atoms with Crippen LogP contribution in [0.2, 0.25) is 0 Å². The topological polar surface area (TPSA) is 123 Å². The monoisotopic (exact) mass is 387 g/mol. The maximum absolute atomic E-state index is 10.9. The van der Waals surface area contributed by atoms with Crippen molar-refractivity contribution < 1.29 is 4.92 Å². The molecule has 0 unspecified atom stereocenters. The molecule has 9 heteroatoms. The fourth-order valence-electron chi connectivity index (χ4n) is 2.86. The van der Waals surface area contributed by atoms with Gasteiger partial charge in [0.25, 0.3) is 5.69 Å². The first-order valence-electron chi connectivity index (χ1n) is 8.95. The van der Waals surface area contributed by atoms with Crippen LogP contribution < -0.4 is 5.32 Å². The van der Waals surface area contributed by atoms with Crippen LogP contribution in [0.1, 0.15) is 11.4 Å². The van der Waals surface area contributed by atoms with Gasteiger partial charge in [0.1, 0.15) is 12.2 Å². The number of aryl methyl sites for hydroxylation is 2. The van der Waals surface area contributed by atoms with Crippen LogP contribution in [-0.2, 0) is 12.8 Å². The molecular formula is C20H17N7O2. The lowest BCUT2D eigenvalue weighted by atomic mass is 10.1. The van der Waals surface area contributed by atoms with Crippen LogP contribution in [-0.4, -0.2) is 30.1 Å². The van der Waals surface area contributed by atoms with Crippen molar-refractivity contribution in [3.05, 3.63) is 88.6 Å². The first-order valence-corrected chi connectivity index (χ1v) is 8.95. The number of rotatable bonds is 7. The highest BCUT2D eigenvalue weighted by Crippen LogP contribution is 2.22. The number of hydrogen-bond donors (Lipinski definition) is 2. The van der Waals surface area contributed by atoms with Crippen LogP contribution in [0.3, 0.4) is 0 Å². The summed E-state index contributed by atoms with van der Waals surface area (Å²) in [7, 11) is 0. The maximum Gasteiger partial charge on any atom is 0.271 e. The van der Waals surface area contributed by atoms with Gasteiger partial charge in [-0.05, 0) is 24.1 Å². The van der Waals surface area contributed by atoms with Crippen LogP contribution >= 0.6 is 0 Å². The summed E-state index contributed by atoms with van der Waals surface area (Å²) in [5.74, 6) is 1.24. The number of benzene rings is 2. The van der Waals surface area contributed by atoms with E-state index in [1.807, 2.05) is 18.2 Å². The van der Waals surface area contributed by atoms with Crippen molar-refractivity contribution >= 4 is 17.3 Å². The largest absolute Gasteiger partial charge is 0.324 e. The summed E-state index contributed by atoms with van der Waals surface area (Å²) >= 11 is 0. The van der Waals surface area contributed by atoms with Crippen LogP contribution in [0.4, 0.5) is 17.3 Å². The number of non-ortho nitro benzene ring substituents is 1. The van der Waals surface area contributed by atoms with Gasteiger partial charge in [-0.1, -0.05) is 30.3 Å². The van der Waals surface area contributed by atoms with Gasteiger partial charge in [0, 0.05) is 36.0 Å². The van der Waals surface area contributed by atoms with Crippen molar-refractivity contribution in [2.75, 3.05) is 5.32 Å². The van der Waals surface area contributed by atoms with E-state index in [4.69, 9.17) is 0 Å². The molecule has 4 rings (SSSR count). The Hall–Kier alpha value is -4.14. The van der Waals surface area contributed by atoms with Crippen molar-refractivity contribution in [1.29, 1.82) is 0 Å². The predicted molar refractivity (Wildman–Crippen MR) is 108 cm³/mol. The Morgan fingerprint density at radius 3 is 2.66 bits per heavy atom. The number of anilines is 2. The number of aromatic nitrogens is 5. The van der Waals surface area contributed by atoms with E-state index in [1.165, 1.54) is 24.0 Å². The minimum Gasteiger partial charge on any atom is -0.324 e. The average molecular weight is 387 g/mol. The molecule has 0 atom stereocenters. The number of hydrogen-bond acceptors (Lipinski definition) is 7. The van der Waals surface area contributed by atoms with Gasteiger partial charge in [0.15, 0.2) is 0 Å². The summed E-state index contributed by atoms with van der Waals surface area (Å²) < 4.78 is 0. The van der Waals surface area contributed by atoms with Gasteiger partial charge in [-0.2, -0.15) is 5.10 Å². The Labute approximate surface area is 166 Å². The van der Waals surface area contributed by atoms with Crippen LogP contribution in [0.5, 0.6) is 0 Å². The second-order valence-corrected chi connectivity index (χ2v) is 6.33. The quantitative estimate of drug-likeness (QED) is 0.366. The van der Waals surface area contributed by atoms with Gasteiger partial charge in [0.2, 0.25) is 5.95 Å². The molecule has 2 heterocycles. The Kier molecular flexibility index (Phi) is 5.19. The number of nitrogens with zero attached hydrogens (tertiary/aromatic N) is 5. The molecule has 0 saturated carbocycles. The van der Waals surface area contributed by atoms with E-state index in [0.717, 1.165) is 29.9 Å². The summed E-state index contributed by atoms with van der Waals surface area (Å²) in [4.78, 5) is 23.3. The molecule has 0 bridgehead atoms. The van der Waals surface area contributed by atoms with Gasteiger partial charge < -0.3 is 5.32 Å². The number of nitrogens with one attached hydrogen (secondary N) is 2. The molecule has 2 N–H and O–H groups in total.